The Labute approximate surface area is 68.8 Å². The van der Waals surface area contributed by atoms with Gasteiger partial charge in [-0.15, -0.1) is 11.6 Å². The minimum Gasteiger partial charge on any atom is -0.207 e. The van der Waals surface area contributed by atoms with E-state index in [0.717, 1.165) is 6.07 Å². The van der Waals surface area contributed by atoms with Gasteiger partial charge in [-0.25, -0.2) is 8.78 Å². The van der Waals surface area contributed by atoms with E-state index in [9.17, 15) is 8.78 Å². The van der Waals surface area contributed by atoms with Crippen molar-refractivity contribution in [2.75, 3.05) is 0 Å². The predicted molar refractivity (Wildman–Crippen MR) is 40.6 cm³/mol. The van der Waals surface area contributed by atoms with Crippen LogP contribution in [0.25, 0.3) is 0 Å². The highest BCUT2D eigenvalue weighted by molar-refractivity contribution is 6.20. The van der Waals surface area contributed by atoms with Crippen LogP contribution in [0.15, 0.2) is 18.2 Å². The van der Waals surface area contributed by atoms with Gasteiger partial charge in [0.2, 0.25) is 0 Å². The fourth-order valence-electron chi connectivity index (χ4n) is 0.824. The summed E-state index contributed by atoms with van der Waals surface area (Å²) in [7, 11) is 0. The number of rotatable bonds is 1. The monoisotopic (exact) mass is 176 g/mol. The molecule has 0 saturated heterocycles. The summed E-state index contributed by atoms with van der Waals surface area (Å²) in [6, 6.07) is 3.37. The van der Waals surface area contributed by atoms with Crippen LogP contribution in [-0.4, -0.2) is 0 Å². The molecule has 60 valence electrons. The number of hydrogen-bond acceptors (Lipinski definition) is 0. The zero-order chi connectivity index (χ0) is 8.43. The average molecular weight is 177 g/mol. The molecular formula is C8H7ClF2. The van der Waals surface area contributed by atoms with Gasteiger partial charge >= 0.3 is 0 Å². The van der Waals surface area contributed by atoms with Gasteiger partial charge < -0.3 is 0 Å². The van der Waals surface area contributed by atoms with E-state index < -0.39 is 17.0 Å². The van der Waals surface area contributed by atoms with Crippen LogP contribution < -0.4 is 0 Å². The Morgan fingerprint density at radius 3 is 2.45 bits per heavy atom. The van der Waals surface area contributed by atoms with E-state index in [4.69, 9.17) is 11.6 Å². The van der Waals surface area contributed by atoms with Crippen LogP contribution in [0, 0.1) is 11.6 Å². The second kappa shape index (κ2) is 3.18. The second-order valence-electron chi connectivity index (χ2n) is 2.28. The fourth-order valence-corrected chi connectivity index (χ4v) is 1.00. The van der Waals surface area contributed by atoms with Gasteiger partial charge in [0.1, 0.15) is 11.6 Å². The van der Waals surface area contributed by atoms with Crippen LogP contribution in [0.4, 0.5) is 8.78 Å². The lowest BCUT2D eigenvalue weighted by Gasteiger charge is -2.03. The molecule has 0 saturated carbocycles. The largest absolute Gasteiger partial charge is 0.207 e. The predicted octanol–water partition coefficient (Wildman–Crippen LogP) is 3.26. The first-order chi connectivity index (χ1) is 5.11. The van der Waals surface area contributed by atoms with Crippen LogP contribution >= 0.6 is 11.6 Å². The third kappa shape index (κ3) is 1.90. The second-order valence-corrected chi connectivity index (χ2v) is 2.94. The summed E-state index contributed by atoms with van der Waals surface area (Å²) in [5, 5.41) is -0.421. The quantitative estimate of drug-likeness (QED) is 0.577. The fraction of sp³-hybridized carbons (Fsp3) is 0.250. The van der Waals surface area contributed by atoms with E-state index in [1.807, 2.05) is 0 Å². The van der Waals surface area contributed by atoms with Gasteiger partial charge in [-0.3, -0.25) is 0 Å². The molecule has 0 aliphatic carbocycles. The van der Waals surface area contributed by atoms with Crippen molar-refractivity contribution in [2.45, 2.75) is 12.3 Å². The van der Waals surface area contributed by atoms with Crippen LogP contribution in [0.1, 0.15) is 17.9 Å². The lowest BCUT2D eigenvalue weighted by molar-refractivity contribution is 0.572. The van der Waals surface area contributed by atoms with Crippen LogP contribution in [-0.2, 0) is 0 Å². The van der Waals surface area contributed by atoms with Gasteiger partial charge in [-0.05, 0) is 13.0 Å². The molecule has 0 heterocycles. The van der Waals surface area contributed by atoms with E-state index in [1.165, 1.54) is 12.1 Å². The van der Waals surface area contributed by atoms with Crippen molar-refractivity contribution in [2.24, 2.45) is 0 Å². The highest BCUT2D eigenvalue weighted by Crippen LogP contribution is 2.22. The molecule has 1 rings (SSSR count). The molecule has 1 unspecified atom stereocenters. The molecule has 1 aromatic carbocycles. The molecule has 0 bridgehead atoms. The number of halogens is 3. The summed E-state index contributed by atoms with van der Waals surface area (Å²) in [5.41, 5.74) is 0.327. The van der Waals surface area contributed by atoms with Gasteiger partial charge in [0.05, 0.1) is 5.38 Å². The third-order valence-corrected chi connectivity index (χ3v) is 1.63. The first-order valence-electron chi connectivity index (χ1n) is 3.20. The molecule has 0 radical (unpaired) electrons. The van der Waals surface area contributed by atoms with Crippen LogP contribution in [0.5, 0.6) is 0 Å². The van der Waals surface area contributed by atoms with Crippen molar-refractivity contribution in [3.63, 3.8) is 0 Å². The molecule has 11 heavy (non-hydrogen) atoms. The topological polar surface area (TPSA) is 0 Å². The average Bonchev–Trinajstić information content (AvgIpc) is 1.85. The van der Waals surface area contributed by atoms with Crippen molar-refractivity contribution in [3.05, 3.63) is 35.4 Å². The molecule has 0 spiro atoms. The zero-order valence-corrected chi connectivity index (χ0v) is 6.70. The molecule has 0 aliphatic heterocycles. The standard InChI is InChI=1S/C8H7ClF2/c1-5(9)7-3-2-6(10)4-8(7)11/h2-5H,1H3. The summed E-state index contributed by atoms with van der Waals surface area (Å²) in [5.74, 6) is -1.17. The highest BCUT2D eigenvalue weighted by Gasteiger charge is 2.07. The molecule has 3 heteroatoms. The minimum atomic E-state index is -0.590. The van der Waals surface area contributed by atoms with Crippen molar-refractivity contribution in [1.29, 1.82) is 0 Å². The Hall–Kier alpha value is -0.630. The van der Waals surface area contributed by atoms with E-state index in [2.05, 4.69) is 0 Å². The Morgan fingerprint density at radius 2 is 2.00 bits per heavy atom. The Morgan fingerprint density at radius 1 is 1.36 bits per heavy atom. The molecule has 0 nitrogen and oxygen atoms in total. The molecule has 0 N–H and O–H groups in total. The lowest BCUT2D eigenvalue weighted by atomic mass is 10.1. The summed E-state index contributed by atoms with van der Waals surface area (Å²) in [6.07, 6.45) is 0. The Balaban J connectivity index is 3.09. The summed E-state index contributed by atoms with van der Waals surface area (Å²) >= 11 is 5.60. The first kappa shape index (κ1) is 8.47. The summed E-state index contributed by atoms with van der Waals surface area (Å²) in [4.78, 5) is 0. The maximum atomic E-state index is 12.8. The highest BCUT2D eigenvalue weighted by atomic mass is 35.5. The molecule has 1 aromatic rings. The van der Waals surface area contributed by atoms with Crippen LogP contribution in [0.3, 0.4) is 0 Å². The molecular weight excluding hydrogens is 170 g/mol. The Bertz CT molecular complexity index is 258. The molecule has 0 fully saturated rings. The maximum absolute atomic E-state index is 12.8. The summed E-state index contributed by atoms with van der Waals surface area (Å²) < 4.78 is 25.1. The van der Waals surface area contributed by atoms with E-state index in [-0.39, 0.29) is 0 Å². The molecule has 0 aromatic heterocycles. The van der Waals surface area contributed by atoms with E-state index in [1.54, 1.807) is 6.92 Å². The maximum Gasteiger partial charge on any atom is 0.130 e. The van der Waals surface area contributed by atoms with Gasteiger partial charge in [-0.1, -0.05) is 6.07 Å². The number of benzene rings is 1. The normalized spacial score (nSPS) is 13.1. The molecule has 0 aliphatic rings. The first-order valence-corrected chi connectivity index (χ1v) is 3.64. The zero-order valence-electron chi connectivity index (χ0n) is 5.94. The van der Waals surface area contributed by atoms with Crippen molar-refractivity contribution >= 4 is 11.6 Å². The van der Waals surface area contributed by atoms with Crippen molar-refractivity contribution < 1.29 is 8.78 Å². The van der Waals surface area contributed by atoms with Gasteiger partial charge in [-0.2, -0.15) is 0 Å². The van der Waals surface area contributed by atoms with E-state index >= 15 is 0 Å². The Kier molecular flexibility index (Phi) is 2.45. The minimum absolute atomic E-state index is 0.327. The summed E-state index contributed by atoms with van der Waals surface area (Å²) in [6.45, 7) is 1.64. The SMILES string of the molecule is CC(Cl)c1ccc(F)cc1F. The lowest BCUT2D eigenvalue weighted by Crippen LogP contribution is -1.90. The van der Waals surface area contributed by atoms with Gasteiger partial charge in [0, 0.05) is 11.6 Å². The van der Waals surface area contributed by atoms with Gasteiger partial charge in [0.25, 0.3) is 0 Å². The molecule has 0 amide bonds. The smallest absolute Gasteiger partial charge is 0.130 e. The molecule has 1 atom stereocenters. The van der Waals surface area contributed by atoms with E-state index in [0.29, 0.717) is 5.56 Å². The van der Waals surface area contributed by atoms with Gasteiger partial charge in [0.15, 0.2) is 0 Å². The third-order valence-electron chi connectivity index (χ3n) is 1.39. The van der Waals surface area contributed by atoms with Crippen molar-refractivity contribution in [3.8, 4) is 0 Å². The van der Waals surface area contributed by atoms with Crippen molar-refractivity contribution in [1.82, 2.24) is 0 Å². The number of hydrogen-bond donors (Lipinski definition) is 0. The number of alkyl halides is 1. The van der Waals surface area contributed by atoms with Crippen LogP contribution in [0.2, 0.25) is 0 Å².